The predicted octanol–water partition coefficient (Wildman–Crippen LogP) is 1.24. The molecule has 13 nitrogen and oxygen atoms in total. The Morgan fingerprint density at radius 2 is 2.03 bits per heavy atom. The van der Waals surface area contributed by atoms with Gasteiger partial charge in [0.25, 0.3) is 7.52 Å². The number of benzene rings is 1. The Bertz CT molecular complexity index is 1280. The van der Waals surface area contributed by atoms with Gasteiger partial charge in [-0.1, -0.05) is 30.3 Å². The highest BCUT2D eigenvalue weighted by Gasteiger charge is 2.46. The van der Waals surface area contributed by atoms with E-state index in [4.69, 9.17) is 31.3 Å². The number of aliphatic hydroxyl groups excluding tert-OH is 2. The number of anilines is 1. The summed E-state index contributed by atoms with van der Waals surface area (Å²) in [6.07, 6.45) is -3.88. The van der Waals surface area contributed by atoms with Crippen LogP contribution >= 0.6 is 19.1 Å². The van der Waals surface area contributed by atoms with Crippen LogP contribution in [-0.4, -0.2) is 73.3 Å². The highest BCUT2D eigenvalue weighted by Crippen LogP contribution is 2.41. The van der Waals surface area contributed by atoms with Crippen molar-refractivity contribution in [3.8, 4) is 0 Å². The maximum Gasteiger partial charge on any atom is 0.323 e. The molecule has 4 rings (SSSR count). The molecule has 1 aliphatic rings. The van der Waals surface area contributed by atoms with E-state index in [0.29, 0.717) is 0 Å². The number of fused-ring (bicyclic) bond motifs is 1. The molecule has 1 fully saturated rings. The fourth-order valence-corrected chi connectivity index (χ4v) is 5.29. The van der Waals surface area contributed by atoms with Crippen LogP contribution in [0.25, 0.3) is 11.2 Å². The molecule has 1 saturated heterocycles. The van der Waals surface area contributed by atoms with Crippen LogP contribution in [0, 0.1) is 0 Å². The topological polar surface area (TPSA) is 184 Å². The Morgan fingerprint density at radius 3 is 2.75 bits per heavy atom. The first kappa shape index (κ1) is 26.4. The molecule has 5 N–H and O–H groups in total. The first-order valence-corrected chi connectivity index (χ1v) is 13.4. The highest BCUT2D eigenvalue weighted by molar-refractivity contribution is 7.56. The largest absolute Gasteiger partial charge is 0.460 e. The van der Waals surface area contributed by atoms with Gasteiger partial charge in [0.1, 0.15) is 37.3 Å². The van der Waals surface area contributed by atoms with Crippen LogP contribution in [0.5, 0.6) is 0 Å². The molecular formula is C21H26ClN6O7P. The van der Waals surface area contributed by atoms with Crippen molar-refractivity contribution < 1.29 is 33.6 Å². The quantitative estimate of drug-likeness (QED) is 0.173. The molecule has 3 aromatic rings. The number of aliphatic hydroxyl groups is 2. The average Bonchev–Trinajstić information content (AvgIpc) is 3.32. The third-order valence-corrected chi connectivity index (χ3v) is 7.31. The zero-order valence-corrected chi connectivity index (χ0v) is 21.0. The van der Waals surface area contributed by atoms with Crippen LogP contribution in [0.4, 0.5) is 5.82 Å². The Kier molecular flexibility index (Phi) is 7.90. The summed E-state index contributed by atoms with van der Waals surface area (Å²) in [5, 5.41) is 23.6. The van der Waals surface area contributed by atoms with Crippen LogP contribution in [0.2, 0.25) is 5.28 Å². The third-order valence-electron chi connectivity index (χ3n) is 5.54. The van der Waals surface area contributed by atoms with Crippen molar-refractivity contribution in [1.29, 1.82) is 0 Å². The first-order chi connectivity index (χ1) is 17.1. The molecule has 0 saturated carbocycles. The van der Waals surface area contributed by atoms with E-state index in [1.165, 1.54) is 24.5 Å². The van der Waals surface area contributed by atoms with Crippen molar-refractivity contribution in [2.24, 2.45) is 0 Å². The monoisotopic (exact) mass is 540 g/mol. The lowest BCUT2D eigenvalue weighted by molar-refractivity contribution is -0.146. The Balaban J connectivity index is 1.35. The van der Waals surface area contributed by atoms with Gasteiger partial charge in [-0.3, -0.25) is 13.9 Å². The van der Waals surface area contributed by atoms with Crippen molar-refractivity contribution in [3.05, 3.63) is 47.5 Å². The van der Waals surface area contributed by atoms with Gasteiger partial charge in [0.15, 0.2) is 23.2 Å². The maximum absolute atomic E-state index is 12.9. The van der Waals surface area contributed by atoms with E-state index in [-0.39, 0.29) is 35.5 Å². The maximum atomic E-state index is 12.9. The molecule has 36 heavy (non-hydrogen) atoms. The minimum absolute atomic E-state index is 0.0734. The van der Waals surface area contributed by atoms with E-state index in [0.717, 1.165) is 5.56 Å². The molecular weight excluding hydrogens is 515 g/mol. The molecule has 0 aliphatic carbocycles. The Morgan fingerprint density at radius 1 is 1.31 bits per heavy atom. The van der Waals surface area contributed by atoms with Crippen LogP contribution in [0.1, 0.15) is 18.7 Å². The van der Waals surface area contributed by atoms with Gasteiger partial charge in [-0.05, 0) is 24.1 Å². The summed E-state index contributed by atoms with van der Waals surface area (Å²) in [6.45, 7) is 2.49. The lowest BCUT2D eigenvalue weighted by atomic mass is 10.1. The SMILES string of the molecule is C[C@H](N[P@@](C)(=O)OC[C@H]1O[C@@H](n2c(Cl)nc3c(N)ncnc32)[C@@H](O)C1O)C(=O)OCc1ccccc1. The minimum Gasteiger partial charge on any atom is -0.460 e. The van der Waals surface area contributed by atoms with E-state index in [1.54, 1.807) is 0 Å². The summed E-state index contributed by atoms with van der Waals surface area (Å²) < 4.78 is 30.7. The molecule has 0 spiro atoms. The summed E-state index contributed by atoms with van der Waals surface area (Å²) in [5.74, 6) is -0.525. The van der Waals surface area contributed by atoms with Gasteiger partial charge < -0.3 is 29.9 Å². The van der Waals surface area contributed by atoms with Crippen LogP contribution < -0.4 is 10.8 Å². The summed E-state index contributed by atoms with van der Waals surface area (Å²) in [5.41, 5.74) is 7.03. The smallest absolute Gasteiger partial charge is 0.323 e. The first-order valence-electron chi connectivity index (χ1n) is 10.9. The number of rotatable bonds is 9. The number of halogens is 1. The summed E-state index contributed by atoms with van der Waals surface area (Å²) in [4.78, 5) is 24.3. The molecule has 194 valence electrons. The fourth-order valence-electron chi connectivity index (χ4n) is 3.72. The molecule has 0 bridgehead atoms. The number of carbonyl (C=O) groups is 1. The second kappa shape index (κ2) is 10.8. The second-order valence-corrected chi connectivity index (χ2v) is 10.9. The number of nitrogens with zero attached hydrogens (tertiary/aromatic N) is 4. The number of nitrogens with one attached hydrogen (secondary N) is 1. The molecule has 0 radical (unpaired) electrons. The van der Waals surface area contributed by atoms with Crippen molar-refractivity contribution in [1.82, 2.24) is 24.6 Å². The van der Waals surface area contributed by atoms with Gasteiger partial charge >= 0.3 is 5.97 Å². The number of esters is 1. The molecule has 0 amide bonds. The number of imidazole rings is 1. The lowest BCUT2D eigenvalue weighted by Crippen LogP contribution is -2.36. The normalized spacial score (nSPS) is 24.5. The van der Waals surface area contributed by atoms with Crippen molar-refractivity contribution in [2.45, 2.75) is 44.1 Å². The summed E-state index contributed by atoms with van der Waals surface area (Å²) in [6, 6.07) is 8.20. The minimum atomic E-state index is -3.54. The number of aromatic nitrogens is 4. The zero-order chi connectivity index (χ0) is 26.0. The predicted molar refractivity (Wildman–Crippen MR) is 129 cm³/mol. The van der Waals surface area contributed by atoms with Crippen LogP contribution in [-0.2, 0) is 30.0 Å². The van der Waals surface area contributed by atoms with Gasteiger partial charge in [-0.15, -0.1) is 0 Å². The van der Waals surface area contributed by atoms with Crippen molar-refractivity contribution in [3.63, 3.8) is 0 Å². The highest BCUT2D eigenvalue weighted by atomic mass is 35.5. The second-order valence-electron chi connectivity index (χ2n) is 8.31. The lowest BCUT2D eigenvalue weighted by Gasteiger charge is -2.22. The molecule has 3 heterocycles. The number of hydrogen-bond acceptors (Lipinski definition) is 11. The molecule has 1 unspecified atom stereocenters. The molecule has 6 atom stereocenters. The van der Waals surface area contributed by atoms with Gasteiger partial charge in [0, 0.05) is 6.66 Å². The number of nitrogens with two attached hydrogens (primary N) is 1. The van der Waals surface area contributed by atoms with Gasteiger partial charge in [0.05, 0.1) is 6.61 Å². The van der Waals surface area contributed by atoms with E-state index in [9.17, 15) is 19.6 Å². The number of nitrogen functional groups attached to an aromatic ring is 1. The Labute approximate surface area is 211 Å². The fraction of sp³-hybridized carbons (Fsp3) is 0.429. The van der Waals surface area contributed by atoms with Gasteiger partial charge in [-0.25, -0.2) is 20.0 Å². The van der Waals surface area contributed by atoms with E-state index < -0.39 is 44.1 Å². The zero-order valence-electron chi connectivity index (χ0n) is 19.4. The van der Waals surface area contributed by atoms with Crippen molar-refractivity contribution in [2.75, 3.05) is 19.0 Å². The Hall–Kier alpha value is -2.64. The van der Waals surface area contributed by atoms with Gasteiger partial charge in [0.2, 0.25) is 5.28 Å². The summed E-state index contributed by atoms with van der Waals surface area (Å²) >= 11 is 6.21. The van der Waals surface area contributed by atoms with Crippen LogP contribution in [0.3, 0.4) is 0 Å². The van der Waals surface area contributed by atoms with E-state index in [1.807, 2.05) is 30.3 Å². The molecule has 15 heteroatoms. The molecule has 1 aromatic carbocycles. The number of hydrogen-bond donors (Lipinski definition) is 4. The van der Waals surface area contributed by atoms with Gasteiger partial charge in [-0.2, -0.15) is 0 Å². The summed E-state index contributed by atoms with van der Waals surface area (Å²) in [7, 11) is -3.54. The average molecular weight is 541 g/mol. The molecule has 1 aliphatic heterocycles. The van der Waals surface area contributed by atoms with Crippen LogP contribution in [0.15, 0.2) is 36.7 Å². The number of ether oxygens (including phenoxy) is 2. The third kappa shape index (κ3) is 5.68. The van der Waals surface area contributed by atoms with E-state index in [2.05, 4.69) is 20.0 Å². The van der Waals surface area contributed by atoms with Crippen molar-refractivity contribution >= 4 is 42.1 Å². The molecule has 2 aromatic heterocycles. The van der Waals surface area contributed by atoms with E-state index >= 15 is 0 Å². The standard InChI is InChI=1S/C21H26ClN6O7P/c1-11(20(31)33-8-12-6-4-3-5-7-12)27-36(2,32)34-9-13-15(29)16(30)19(35-13)28-18-14(26-21(28)22)17(23)24-10-25-18/h3-7,10-11,13,15-16,19,29-30H,8-9H2,1-2H3,(H,27,32)(H2,23,24,25)/t11-,13+,15?,16-,19+,36-/m0/s1. The number of carbonyl (C=O) groups excluding carboxylic acids is 1.